The van der Waals surface area contributed by atoms with E-state index < -0.39 is 26.7 Å². The van der Waals surface area contributed by atoms with Gasteiger partial charge in [0.15, 0.2) is 9.84 Å². The Kier molecular flexibility index (Phi) is 5.62. The molecule has 128 valence electrons. The number of nitrogens with one attached hydrogen (secondary N) is 1. The molecule has 0 aliphatic rings. The second-order valence-corrected chi connectivity index (χ2v) is 8.40. The maximum absolute atomic E-state index is 11.8. The van der Waals surface area contributed by atoms with Crippen LogP contribution in [0.4, 0.5) is 5.69 Å². The summed E-state index contributed by atoms with van der Waals surface area (Å²) in [7, 11) is -3.41. The molecule has 0 unspecified atom stereocenters. The molecule has 0 spiro atoms. The Morgan fingerprint density at radius 1 is 1.08 bits per heavy atom. The number of anilines is 1. The lowest BCUT2D eigenvalue weighted by atomic mass is 10.2. The van der Waals surface area contributed by atoms with Gasteiger partial charge in [-0.1, -0.05) is 12.1 Å². The minimum Gasteiger partial charge on any atom is -0.457 e. The van der Waals surface area contributed by atoms with E-state index in [0.717, 1.165) is 11.3 Å². The molecule has 0 aliphatic heterocycles. The van der Waals surface area contributed by atoms with Crippen LogP contribution in [0.15, 0.2) is 48.5 Å². The van der Waals surface area contributed by atoms with Gasteiger partial charge in [0.25, 0.3) is 0 Å². The molecule has 0 radical (unpaired) electrons. The first-order valence-corrected chi connectivity index (χ1v) is 9.34. The number of benzene rings is 2. The third kappa shape index (κ3) is 5.09. The molecule has 1 amide bonds. The number of carbonyl (C=O) groups is 1. The van der Waals surface area contributed by atoms with Gasteiger partial charge in [-0.2, -0.15) is 0 Å². The van der Waals surface area contributed by atoms with E-state index in [0.29, 0.717) is 11.4 Å². The molecule has 0 atom stereocenters. The average Bonchev–Trinajstić information content (AvgIpc) is 2.48. The predicted octanol–water partition coefficient (Wildman–Crippen LogP) is 3.55. The number of ether oxygens (including phenoxy) is 1. The molecule has 1 N–H and O–H groups in total. The third-order valence-electron chi connectivity index (χ3n) is 3.41. The van der Waals surface area contributed by atoms with Crippen LogP contribution in [0.2, 0.25) is 0 Å². The van der Waals surface area contributed by atoms with Gasteiger partial charge in [-0.25, -0.2) is 8.42 Å². The Morgan fingerprint density at radius 3 is 2.33 bits per heavy atom. The first kappa shape index (κ1) is 18.0. The summed E-state index contributed by atoms with van der Waals surface area (Å²) in [6.45, 7) is 5.09. The second kappa shape index (κ2) is 7.49. The topological polar surface area (TPSA) is 72.5 Å². The van der Waals surface area contributed by atoms with Crippen molar-refractivity contribution in [1.29, 1.82) is 0 Å². The van der Waals surface area contributed by atoms with Crippen LogP contribution in [-0.2, 0) is 14.6 Å². The largest absolute Gasteiger partial charge is 0.457 e. The van der Waals surface area contributed by atoms with Crippen molar-refractivity contribution in [1.82, 2.24) is 0 Å². The van der Waals surface area contributed by atoms with Crippen LogP contribution in [0.3, 0.4) is 0 Å². The van der Waals surface area contributed by atoms with E-state index >= 15 is 0 Å². The standard InChI is InChI=1S/C18H21NO4S/c1-13(2)24(21,22)12-18(20)19-15-7-9-16(10-8-15)23-17-6-4-5-14(3)11-17/h4-11,13H,12H2,1-3H3,(H,19,20). The fourth-order valence-corrected chi connectivity index (χ4v) is 2.74. The van der Waals surface area contributed by atoms with Gasteiger partial charge in [-0.05, 0) is 62.7 Å². The van der Waals surface area contributed by atoms with Crippen molar-refractivity contribution in [3.8, 4) is 11.5 Å². The monoisotopic (exact) mass is 347 g/mol. The zero-order valence-corrected chi connectivity index (χ0v) is 14.8. The number of rotatable bonds is 6. The second-order valence-electron chi connectivity index (χ2n) is 5.85. The van der Waals surface area contributed by atoms with Crippen molar-refractivity contribution in [3.63, 3.8) is 0 Å². The molecule has 0 aliphatic carbocycles. The van der Waals surface area contributed by atoms with E-state index in [1.807, 2.05) is 31.2 Å². The molecule has 2 rings (SSSR count). The van der Waals surface area contributed by atoms with Gasteiger partial charge in [0, 0.05) is 5.69 Å². The number of amides is 1. The highest BCUT2D eigenvalue weighted by Gasteiger charge is 2.20. The van der Waals surface area contributed by atoms with Crippen molar-refractivity contribution < 1.29 is 17.9 Å². The number of hydrogen-bond donors (Lipinski definition) is 1. The Bertz CT molecular complexity index is 811. The Hall–Kier alpha value is -2.34. The first-order valence-electron chi connectivity index (χ1n) is 7.62. The number of carbonyl (C=O) groups excluding carboxylic acids is 1. The molecular formula is C18H21NO4S. The van der Waals surface area contributed by atoms with Crippen LogP contribution in [0.5, 0.6) is 11.5 Å². The Morgan fingerprint density at radius 2 is 1.75 bits per heavy atom. The molecular weight excluding hydrogens is 326 g/mol. The van der Waals surface area contributed by atoms with Crippen LogP contribution < -0.4 is 10.1 Å². The summed E-state index contributed by atoms with van der Waals surface area (Å²) < 4.78 is 29.2. The summed E-state index contributed by atoms with van der Waals surface area (Å²) in [5, 5.41) is 2.00. The predicted molar refractivity (Wildman–Crippen MR) is 95.2 cm³/mol. The van der Waals surface area contributed by atoms with Gasteiger partial charge in [-0.15, -0.1) is 0 Å². The normalized spacial score (nSPS) is 11.3. The van der Waals surface area contributed by atoms with Crippen molar-refractivity contribution in [2.24, 2.45) is 0 Å². The van der Waals surface area contributed by atoms with Crippen molar-refractivity contribution in [2.45, 2.75) is 26.0 Å². The number of hydrogen-bond acceptors (Lipinski definition) is 4. The van der Waals surface area contributed by atoms with E-state index in [2.05, 4.69) is 5.32 Å². The van der Waals surface area contributed by atoms with Gasteiger partial charge in [0.05, 0.1) is 5.25 Å². The average molecular weight is 347 g/mol. The smallest absolute Gasteiger partial charge is 0.239 e. The van der Waals surface area contributed by atoms with Gasteiger partial charge in [0.1, 0.15) is 17.3 Å². The molecule has 2 aromatic carbocycles. The van der Waals surface area contributed by atoms with Crippen LogP contribution >= 0.6 is 0 Å². The molecule has 0 fully saturated rings. The summed E-state index contributed by atoms with van der Waals surface area (Å²) in [4.78, 5) is 11.8. The van der Waals surface area contributed by atoms with E-state index in [4.69, 9.17) is 4.74 Å². The Labute approximate surface area is 142 Å². The molecule has 0 saturated heterocycles. The van der Waals surface area contributed by atoms with E-state index in [-0.39, 0.29) is 0 Å². The molecule has 0 bridgehead atoms. The van der Waals surface area contributed by atoms with Crippen LogP contribution in [-0.4, -0.2) is 25.3 Å². The minimum atomic E-state index is -3.41. The zero-order valence-electron chi connectivity index (χ0n) is 13.9. The summed E-state index contributed by atoms with van der Waals surface area (Å²) in [6, 6.07) is 14.5. The highest BCUT2D eigenvalue weighted by Crippen LogP contribution is 2.23. The lowest BCUT2D eigenvalue weighted by molar-refractivity contribution is -0.113. The SMILES string of the molecule is Cc1cccc(Oc2ccc(NC(=O)CS(=O)(=O)C(C)C)cc2)c1. The number of sulfone groups is 1. The zero-order chi connectivity index (χ0) is 17.7. The molecule has 24 heavy (non-hydrogen) atoms. The van der Waals surface area contributed by atoms with Gasteiger partial charge in [0.2, 0.25) is 5.91 Å². The van der Waals surface area contributed by atoms with Gasteiger partial charge < -0.3 is 10.1 Å². The van der Waals surface area contributed by atoms with E-state index in [1.165, 1.54) is 0 Å². The summed E-state index contributed by atoms with van der Waals surface area (Å²) in [5.74, 6) is 0.297. The lowest BCUT2D eigenvalue weighted by Crippen LogP contribution is -2.27. The van der Waals surface area contributed by atoms with Crippen LogP contribution in [0.1, 0.15) is 19.4 Å². The summed E-state index contributed by atoms with van der Waals surface area (Å²) in [6.07, 6.45) is 0. The molecule has 2 aromatic rings. The van der Waals surface area contributed by atoms with Crippen molar-refractivity contribution in [2.75, 3.05) is 11.1 Å². The highest BCUT2D eigenvalue weighted by molar-refractivity contribution is 7.92. The fraction of sp³-hybridized carbons (Fsp3) is 0.278. The minimum absolute atomic E-state index is 0.522. The summed E-state index contributed by atoms with van der Waals surface area (Å²) >= 11 is 0. The van der Waals surface area contributed by atoms with Crippen LogP contribution in [0, 0.1) is 6.92 Å². The highest BCUT2D eigenvalue weighted by atomic mass is 32.2. The van der Waals surface area contributed by atoms with E-state index in [9.17, 15) is 13.2 Å². The van der Waals surface area contributed by atoms with Gasteiger partial charge >= 0.3 is 0 Å². The van der Waals surface area contributed by atoms with Gasteiger partial charge in [-0.3, -0.25) is 4.79 Å². The molecule has 0 aromatic heterocycles. The van der Waals surface area contributed by atoms with Crippen molar-refractivity contribution >= 4 is 21.4 Å². The molecule has 6 heteroatoms. The Balaban J connectivity index is 1.98. The maximum atomic E-state index is 11.8. The third-order valence-corrected chi connectivity index (χ3v) is 5.51. The summed E-state index contributed by atoms with van der Waals surface area (Å²) in [5.41, 5.74) is 1.62. The maximum Gasteiger partial charge on any atom is 0.239 e. The molecule has 5 nitrogen and oxygen atoms in total. The van der Waals surface area contributed by atoms with Crippen LogP contribution in [0.25, 0.3) is 0 Å². The first-order chi connectivity index (χ1) is 11.3. The van der Waals surface area contributed by atoms with E-state index in [1.54, 1.807) is 38.1 Å². The molecule has 0 heterocycles. The fourth-order valence-electron chi connectivity index (χ4n) is 1.97. The number of aryl methyl sites for hydroxylation is 1. The van der Waals surface area contributed by atoms with Crippen molar-refractivity contribution in [3.05, 3.63) is 54.1 Å². The molecule has 0 saturated carbocycles. The quantitative estimate of drug-likeness (QED) is 0.867. The lowest BCUT2D eigenvalue weighted by Gasteiger charge is -2.10.